The number of carbonyl (C=O) groups is 1. The molecule has 2 bridgehead atoms. The van der Waals surface area contributed by atoms with Crippen molar-refractivity contribution in [1.29, 1.82) is 0 Å². The van der Waals surface area contributed by atoms with Crippen LogP contribution in [0.1, 0.15) is 44.7 Å². The summed E-state index contributed by atoms with van der Waals surface area (Å²) in [5.41, 5.74) is 0.381. The fourth-order valence-corrected chi connectivity index (χ4v) is 4.36. The Labute approximate surface area is 135 Å². The fraction of sp³-hybridized carbons (Fsp3) is 0.750. The summed E-state index contributed by atoms with van der Waals surface area (Å²) in [6.45, 7) is 4.07. The van der Waals surface area contributed by atoms with Crippen LogP contribution in [0.2, 0.25) is 0 Å². The summed E-state index contributed by atoms with van der Waals surface area (Å²) in [6.07, 6.45) is 6.94. The summed E-state index contributed by atoms with van der Waals surface area (Å²) in [5.74, 6) is 2.27. The molecule has 126 valence electrons. The highest BCUT2D eigenvalue weighted by Crippen LogP contribution is 2.49. The normalized spacial score (nSPS) is 27.1. The smallest absolute Gasteiger partial charge is 0.309 e. The van der Waals surface area contributed by atoms with Crippen molar-refractivity contribution in [3.63, 3.8) is 0 Å². The Kier molecular flexibility index (Phi) is 4.37. The Balaban J connectivity index is 1.48. The zero-order valence-corrected chi connectivity index (χ0v) is 13.7. The summed E-state index contributed by atoms with van der Waals surface area (Å²) in [6, 6.07) is 0.214. The maximum absolute atomic E-state index is 12.1. The summed E-state index contributed by atoms with van der Waals surface area (Å²) in [4.78, 5) is 22.5. The number of carbonyl (C=O) groups excluding carboxylic acids is 1. The van der Waals surface area contributed by atoms with Crippen molar-refractivity contribution in [2.75, 3.05) is 0 Å². The zero-order valence-electron chi connectivity index (χ0n) is 13.7. The molecule has 2 aliphatic carbocycles. The van der Waals surface area contributed by atoms with Gasteiger partial charge in [0.05, 0.1) is 4.92 Å². The Morgan fingerprint density at radius 2 is 2.30 bits per heavy atom. The number of nitro groups is 1. The van der Waals surface area contributed by atoms with Gasteiger partial charge in [-0.3, -0.25) is 19.6 Å². The molecule has 2 aliphatic rings. The number of fused-ring (bicyclic) bond motifs is 2. The van der Waals surface area contributed by atoms with Gasteiger partial charge in [0.15, 0.2) is 0 Å². The highest BCUT2D eigenvalue weighted by Gasteiger charge is 2.42. The number of rotatable bonds is 6. The largest absolute Gasteiger partial charge is 0.353 e. The molecule has 23 heavy (non-hydrogen) atoms. The van der Waals surface area contributed by atoms with Gasteiger partial charge in [0.2, 0.25) is 5.91 Å². The van der Waals surface area contributed by atoms with Crippen LogP contribution < -0.4 is 5.32 Å². The Morgan fingerprint density at radius 1 is 1.52 bits per heavy atom. The molecular formula is C16H24N4O3. The molecule has 2 fully saturated rings. The molecule has 0 spiro atoms. The Morgan fingerprint density at radius 3 is 2.87 bits per heavy atom. The monoisotopic (exact) mass is 320 g/mol. The van der Waals surface area contributed by atoms with E-state index < -0.39 is 4.92 Å². The van der Waals surface area contributed by atoms with E-state index in [0.717, 1.165) is 11.8 Å². The minimum absolute atomic E-state index is 0.000701. The second-order valence-electron chi connectivity index (χ2n) is 7.06. The van der Waals surface area contributed by atoms with E-state index in [0.29, 0.717) is 24.6 Å². The lowest BCUT2D eigenvalue weighted by atomic mass is 9.84. The molecule has 7 heteroatoms. The van der Waals surface area contributed by atoms with Gasteiger partial charge in [0.25, 0.3) is 0 Å². The molecule has 4 atom stereocenters. The van der Waals surface area contributed by atoms with Gasteiger partial charge in [-0.1, -0.05) is 6.42 Å². The van der Waals surface area contributed by atoms with E-state index >= 15 is 0 Å². The summed E-state index contributed by atoms with van der Waals surface area (Å²) < 4.78 is 1.48. The van der Waals surface area contributed by atoms with E-state index in [1.165, 1.54) is 36.6 Å². The van der Waals surface area contributed by atoms with E-state index in [1.54, 1.807) is 6.92 Å². The zero-order chi connectivity index (χ0) is 16.6. The number of nitrogens with zero attached hydrogens (tertiary/aromatic N) is 3. The average Bonchev–Trinajstić information content (AvgIpc) is 3.19. The SMILES string of the molecule is Cc1nn(CCC(=O)N[C@H](C)[C@@H]2C[C@@H]3CC[C@@H]2C3)cc1[N+](=O)[O-]. The number of hydrogen-bond acceptors (Lipinski definition) is 4. The highest BCUT2D eigenvalue weighted by atomic mass is 16.6. The van der Waals surface area contributed by atoms with Gasteiger partial charge in [0.1, 0.15) is 11.9 Å². The molecule has 0 aliphatic heterocycles. The van der Waals surface area contributed by atoms with Crippen molar-refractivity contribution in [1.82, 2.24) is 15.1 Å². The van der Waals surface area contributed by atoms with Gasteiger partial charge >= 0.3 is 5.69 Å². The number of aryl methyl sites for hydroxylation is 2. The van der Waals surface area contributed by atoms with Gasteiger partial charge in [-0.15, -0.1) is 0 Å². The van der Waals surface area contributed by atoms with Crippen LogP contribution in [-0.4, -0.2) is 26.7 Å². The lowest BCUT2D eigenvalue weighted by Gasteiger charge is -2.28. The number of nitrogens with one attached hydrogen (secondary N) is 1. The minimum Gasteiger partial charge on any atom is -0.353 e. The second-order valence-corrected chi connectivity index (χ2v) is 7.06. The lowest BCUT2D eigenvalue weighted by Crippen LogP contribution is -2.40. The third-order valence-corrected chi connectivity index (χ3v) is 5.51. The van der Waals surface area contributed by atoms with Crippen molar-refractivity contribution in [3.8, 4) is 0 Å². The van der Waals surface area contributed by atoms with Gasteiger partial charge in [-0.2, -0.15) is 5.10 Å². The van der Waals surface area contributed by atoms with E-state index in [2.05, 4.69) is 17.3 Å². The maximum Gasteiger partial charge on any atom is 0.309 e. The summed E-state index contributed by atoms with van der Waals surface area (Å²) >= 11 is 0. The maximum atomic E-state index is 12.1. The molecular weight excluding hydrogens is 296 g/mol. The standard InChI is InChI=1S/C16H24N4O3/c1-10(14-8-12-3-4-13(14)7-12)17-16(21)5-6-19-9-15(20(22)23)11(2)18-19/h9-10,12-14H,3-8H2,1-2H3,(H,17,21)/t10-,12-,13-,14+/m1/s1. The first-order valence-electron chi connectivity index (χ1n) is 8.42. The van der Waals surface area contributed by atoms with E-state index in [1.807, 2.05) is 0 Å². The van der Waals surface area contributed by atoms with E-state index in [4.69, 9.17) is 0 Å². The van der Waals surface area contributed by atoms with Crippen LogP contribution >= 0.6 is 0 Å². The molecule has 1 amide bonds. The third-order valence-electron chi connectivity index (χ3n) is 5.51. The molecule has 1 aromatic heterocycles. The van der Waals surface area contributed by atoms with Crippen LogP contribution in [-0.2, 0) is 11.3 Å². The summed E-state index contributed by atoms with van der Waals surface area (Å²) in [7, 11) is 0. The second kappa shape index (κ2) is 6.29. The highest BCUT2D eigenvalue weighted by molar-refractivity contribution is 5.76. The summed E-state index contributed by atoms with van der Waals surface area (Å²) in [5, 5.41) is 18.0. The van der Waals surface area contributed by atoms with Gasteiger partial charge in [-0.25, -0.2) is 0 Å². The van der Waals surface area contributed by atoms with Crippen LogP contribution in [0.25, 0.3) is 0 Å². The molecule has 0 aromatic carbocycles. The van der Waals surface area contributed by atoms with Gasteiger partial charge < -0.3 is 5.32 Å². The fourth-order valence-electron chi connectivity index (χ4n) is 4.36. The minimum atomic E-state index is -0.448. The van der Waals surface area contributed by atoms with Crippen molar-refractivity contribution in [2.24, 2.45) is 17.8 Å². The number of hydrogen-bond donors (Lipinski definition) is 1. The van der Waals surface area contributed by atoms with Gasteiger partial charge in [-0.05, 0) is 50.9 Å². The Bertz CT molecular complexity index is 612. The van der Waals surface area contributed by atoms with Crippen molar-refractivity contribution < 1.29 is 9.72 Å². The van der Waals surface area contributed by atoms with Crippen LogP contribution in [0.15, 0.2) is 6.20 Å². The molecule has 1 aromatic rings. The third kappa shape index (κ3) is 3.38. The van der Waals surface area contributed by atoms with Crippen LogP contribution in [0.5, 0.6) is 0 Å². The van der Waals surface area contributed by atoms with Crippen LogP contribution in [0.3, 0.4) is 0 Å². The number of amides is 1. The molecule has 1 N–H and O–H groups in total. The quantitative estimate of drug-likeness (QED) is 0.644. The first-order chi connectivity index (χ1) is 10.9. The average molecular weight is 320 g/mol. The predicted molar refractivity (Wildman–Crippen MR) is 84.8 cm³/mol. The number of aromatic nitrogens is 2. The van der Waals surface area contributed by atoms with Crippen molar-refractivity contribution in [2.45, 2.75) is 58.5 Å². The molecule has 2 saturated carbocycles. The first-order valence-corrected chi connectivity index (χ1v) is 8.42. The first kappa shape index (κ1) is 16.0. The molecule has 0 unspecified atom stereocenters. The van der Waals surface area contributed by atoms with Crippen molar-refractivity contribution in [3.05, 3.63) is 22.0 Å². The molecule has 1 heterocycles. The Hall–Kier alpha value is -1.92. The predicted octanol–water partition coefficient (Wildman–Crippen LogP) is 2.43. The molecule has 0 radical (unpaired) electrons. The topological polar surface area (TPSA) is 90.1 Å². The molecule has 7 nitrogen and oxygen atoms in total. The van der Waals surface area contributed by atoms with E-state index in [-0.39, 0.29) is 17.6 Å². The van der Waals surface area contributed by atoms with Crippen LogP contribution in [0.4, 0.5) is 5.69 Å². The molecule has 0 saturated heterocycles. The van der Waals surface area contributed by atoms with E-state index in [9.17, 15) is 14.9 Å². The lowest BCUT2D eigenvalue weighted by molar-refractivity contribution is -0.385. The van der Waals surface area contributed by atoms with Crippen molar-refractivity contribution >= 4 is 11.6 Å². The van der Waals surface area contributed by atoms with Gasteiger partial charge in [0, 0.05) is 19.0 Å². The molecule has 3 rings (SSSR count). The van der Waals surface area contributed by atoms with Crippen LogP contribution in [0, 0.1) is 34.8 Å².